The fraction of sp³-hybridized carbons (Fsp3) is 0.538. The maximum absolute atomic E-state index is 5.24. The lowest BCUT2D eigenvalue weighted by atomic mass is 10.1. The van der Waals surface area contributed by atoms with Crippen LogP contribution in [-0.4, -0.2) is 11.9 Å². The molecule has 2 rings (SSSR count). The quantitative estimate of drug-likeness (QED) is 0.709. The summed E-state index contributed by atoms with van der Waals surface area (Å²) in [7, 11) is 1.71. The van der Waals surface area contributed by atoms with E-state index in [2.05, 4.69) is 44.0 Å². The Hall–Kier alpha value is -0.0200. The van der Waals surface area contributed by atoms with Crippen LogP contribution < -0.4 is 4.74 Å². The summed E-state index contributed by atoms with van der Waals surface area (Å²) in [5.74, 6) is 1.86. The highest BCUT2D eigenvalue weighted by Gasteiger charge is 2.28. The number of benzene rings is 1. The zero-order valence-electron chi connectivity index (χ0n) is 9.38. The SMILES string of the molecule is COc1ccc(Br)c(CCC(Br)C2CC2)c1. The van der Waals surface area contributed by atoms with Gasteiger partial charge in [-0.2, -0.15) is 0 Å². The van der Waals surface area contributed by atoms with Crippen molar-refractivity contribution in [2.24, 2.45) is 5.92 Å². The van der Waals surface area contributed by atoms with Gasteiger partial charge in [-0.05, 0) is 55.4 Å². The fourth-order valence-corrected chi connectivity index (χ4v) is 3.06. The molecule has 0 spiro atoms. The van der Waals surface area contributed by atoms with E-state index < -0.39 is 0 Å². The second-order valence-electron chi connectivity index (χ2n) is 4.35. The van der Waals surface area contributed by atoms with Crippen molar-refractivity contribution in [2.45, 2.75) is 30.5 Å². The first-order valence-electron chi connectivity index (χ1n) is 5.67. The summed E-state index contributed by atoms with van der Waals surface area (Å²) >= 11 is 7.37. The highest BCUT2D eigenvalue weighted by Crippen LogP contribution is 2.39. The van der Waals surface area contributed by atoms with E-state index in [9.17, 15) is 0 Å². The lowest BCUT2D eigenvalue weighted by molar-refractivity contribution is 0.414. The topological polar surface area (TPSA) is 9.23 Å². The minimum Gasteiger partial charge on any atom is -0.497 e. The molecule has 1 nitrogen and oxygen atoms in total. The van der Waals surface area contributed by atoms with Gasteiger partial charge in [-0.1, -0.05) is 31.9 Å². The standard InChI is InChI=1S/C13H16Br2O/c1-16-11-5-7-13(15)10(8-11)4-6-12(14)9-2-3-9/h5,7-9,12H,2-4,6H2,1H3. The van der Waals surface area contributed by atoms with Crippen molar-refractivity contribution in [1.29, 1.82) is 0 Å². The molecule has 1 aromatic carbocycles. The van der Waals surface area contributed by atoms with Crippen LogP contribution >= 0.6 is 31.9 Å². The second kappa shape index (κ2) is 5.54. The number of hydrogen-bond donors (Lipinski definition) is 0. The molecule has 16 heavy (non-hydrogen) atoms. The third kappa shape index (κ3) is 3.24. The van der Waals surface area contributed by atoms with Gasteiger partial charge in [-0.25, -0.2) is 0 Å². The Kier molecular flexibility index (Phi) is 4.31. The predicted molar refractivity (Wildman–Crippen MR) is 74.5 cm³/mol. The highest BCUT2D eigenvalue weighted by molar-refractivity contribution is 9.10. The van der Waals surface area contributed by atoms with Gasteiger partial charge in [0.05, 0.1) is 7.11 Å². The van der Waals surface area contributed by atoms with E-state index in [1.54, 1.807) is 7.11 Å². The lowest BCUT2D eigenvalue weighted by Crippen LogP contribution is -2.02. The summed E-state index contributed by atoms with van der Waals surface area (Å²) in [6.07, 6.45) is 5.10. The van der Waals surface area contributed by atoms with Crippen LogP contribution in [0.4, 0.5) is 0 Å². The molecule has 1 aliphatic rings. The molecule has 0 bridgehead atoms. The minimum atomic E-state index is 0.686. The van der Waals surface area contributed by atoms with Crippen molar-refractivity contribution in [3.8, 4) is 5.75 Å². The van der Waals surface area contributed by atoms with Crippen LogP contribution in [0, 0.1) is 5.92 Å². The Morgan fingerprint density at radius 3 is 2.81 bits per heavy atom. The van der Waals surface area contributed by atoms with Crippen LogP contribution in [0.5, 0.6) is 5.75 Å². The van der Waals surface area contributed by atoms with E-state index in [0.717, 1.165) is 18.1 Å². The molecule has 3 heteroatoms. The average molecular weight is 348 g/mol. The Labute approximate surface area is 114 Å². The van der Waals surface area contributed by atoms with E-state index in [4.69, 9.17) is 4.74 Å². The molecule has 0 heterocycles. The predicted octanol–water partition coefficient (Wildman–Crippen LogP) is 4.56. The molecule has 0 N–H and O–H groups in total. The summed E-state index contributed by atoms with van der Waals surface area (Å²) in [6.45, 7) is 0. The first-order chi connectivity index (χ1) is 7.70. The largest absolute Gasteiger partial charge is 0.497 e. The lowest BCUT2D eigenvalue weighted by Gasteiger charge is -2.10. The molecule has 0 aromatic heterocycles. The van der Waals surface area contributed by atoms with Crippen molar-refractivity contribution in [2.75, 3.05) is 7.11 Å². The zero-order valence-corrected chi connectivity index (χ0v) is 12.6. The summed E-state index contributed by atoms with van der Waals surface area (Å²) in [6, 6.07) is 6.17. The third-order valence-corrected chi connectivity index (χ3v) is 5.05. The van der Waals surface area contributed by atoms with Crippen LogP contribution in [-0.2, 0) is 6.42 Å². The first kappa shape index (κ1) is 12.4. The van der Waals surface area contributed by atoms with Crippen LogP contribution in [0.1, 0.15) is 24.8 Å². The molecule has 1 fully saturated rings. The molecular formula is C13H16Br2O. The van der Waals surface area contributed by atoms with E-state index in [1.165, 1.54) is 29.3 Å². The number of hydrogen-bond acceptors (Lipinski definition) is 1. The Morgan fingerprint density at radius 2 is 2.19 bits per heavy atom. The summed E-state index contributed by atoms with van der Waals surface area (Å²) < 4.78 is 6.43. The maximum atomic E-state index is 5.24. The number of halogens is 2. The van der Waals surface area contributed by atoms with Crippen molar-refractivity contribution in [3.63, 3.8) is 0 Å². The molecule has 1 aliphatic carbocycles. The molecule has 1 aromatic rings. The van der Waals surface area contributed by atoms with Gasteiger partial charge in [-0.15, -0.1) is 0 Å². The molecular weight excluding hydrogens is 332 g/mol. The molecule has 0 saturated heterocycles. The van der Waals surface area contributed by atoms with Gasteiger partial charge in [0.15, 0.2) is 0 Å². The van der Waals surface area contributed by atoms with Gasteiger partial charge in [-0.3, -0.25) is 0 Å². The minimum absolute atomic E-state index is 0.686. The van der Waals surface area contributed by atoms with Gasteiger partial charge in [0.1, 0.15) is 5.75 Å². The number of ether oxygens (including phenoxy) is 1. The smallest absolute Gasteiger partial charge is 0.119 e. The van der Waals surface area contributed by atoms with Crippen molar-refractivity contribution < 1.29 is 4.74 Å². The van der Waals surface area contributed by atoms with Crippen molar-refractivity contribution in [1.82, 2.24) is 0 Å². The van der Waals surface area contributed by atoms with Crippen LogP contribution in [0.2, 0.25) is 0 Å². The van der Waals surface area contributed by atoms with Gasteiger partial charge in [0.2, 0.25) is 0 Å². The van der Waals surface area contributed by atoms with E-state index in [1.807, 2.05) is 6.07 Å². The molecule has 88 valence electrons. The van der Waals surface area contributed by atoms with E-state index in [-0.39, 0.29) is 0 Å². The molecule has 1 atom stereocenters. The molecule has 0 aliphatic heterocycles. The van der Waals surface area contributed by atoms with Gasteiger partial charge in [0.25, 0.3) is 0 Å². The number of methoxy groups -OCH3 is 1. The van der Waals surface area contributed by atoms with Crippen LogP contribution in [0.15, 0.2) is 22.7 Å². The molecule has 1 saturated carbocycles. The zero-order chi connectivity index (χ0) is 11.5. The van der Waals surface area contributed by atoms with E-state index in [0.29, 0.717) is 4.83 Å². The van der Waals surface area contributed by atoms with Gasteiger partial charge in [0, 0.05) is 9.30 Å². The Morgan fingerprint density at radius 1 is 1.44 bits per heavy atom. The number of alkyl halides is 1. The molecule has 0 radical (unpaired) electrons. The average Bonchev–Trinajstić information content (AvgIpc) is 3.11. The van der Waals surface area contributed by atoms with Gasteiger partial charge >= 0.3 is 0 Å². The first-order valence-corrected chi connectivity index (χ1v) is 7.38. The summed E-state index contributed by atoms with van der Waals surface area (Å²) in [5, 5.41) is 0. The highest BCUT2D eigenvalue weighted by atomic mass is 79.9. The molecule has 1 unspecified atom stereocenters. The normalized spacial score (nSPS) is 17.2. The van der Waals surface area contributed by atoms with Gasteiger partial charge < -0.3 is 4.74 Å². The van der Waals surface area contributed by atoms with Crippen molar-refractivity contribution >= 4 is 31.9 Å². The summed E-state index contributed by atoms with van der Waals surface area (Å²) in [4.78, 5) is 0.686. The maximum Gasteiger partial charge on any atom is 0.119 e. The van der Waals surface area contributed by atoms with Crippen LogP contribution in [0.25, 0.3) is 0 Å². The monoisotopic (exact) mass is 346 g/mol. The number of aryl methyl sites for hydroxylation is 1. The molecule has 0 amide bonds. The Balaban J connectivity index is 1.96. The van der Waals surface area contributed by atoms with Crippen LogP contribution in [0.3, 0.4) is 0 Å². The van der Waals surface area contributed by atoms with E-state index >= 15 is 0 Å². The number of rotatable bonds is 5. The van der Waals surface area contributed by atoms with Crippen molar-refractivity contribution in [3.05, 3.63) is 28.2 Å². The summed E-state index contributed by atoms with van der Waals surface area (Å²) in [5.41, 5.74) is 1.34. The fourth-order valence-electron chi connectivity index (χ4n) is 1.86. The Bertz CT molecular complexity index is 361. The third-order valence-electron chi connectivity index (χ3n) is 3.08. The second-order valence-corrected chi connectivity index (χ2v) is 6.38.